The number of hydrogen-bond acceptors (Lipinski definition) is 1. The van der Waals surface area contributed by atoms with E-state index < -0.39 is 0 Å². The summed E-state index contributed by atoms with van der Waals surface area (Å²) in [6, 6.07) is 16.5. The fourth-order valence-electron chi connectivity index (χ4n) is 2.18. The molecule has 94 valence electrons. The fraction of sp³-hybridized carbons (Fsp3) is 0.250. The van der Waals surface area contributed by atoms with E-state index >= 15 is 0 Å². The molecule has 0 radical (unpaired) electrons. The van der Waals surface area contributed by atoms with Gasteiger partial charge in [-0.1, -0.05) is 58.4 Å². The summed E-state index contributed by atoms with van der Waals surface area (Å²) in [4.78, 5) is 0. The Kier molecular flexibility index (Phi) is 4.56. The summed E-state index contributed by atoms with van der Waals surface area (Å²) in [6.45, 7) is 2.28. The minimum Gasteiger partial charge on any atom is -0.396 e. The van der Waals surface area contributed by atoms with Gasteiger partial charge in [0.1, 0.15) is 0 Å². The predicted octanol–water partition coefficient (Wildman–Crippen LogP) is 4.08. The number of benzene rings is 2. The normalized spacial score (nSPS) is 12.4. The molecule has 0 aromatic heterocycles. The number of aliphatic hydroxyl groups excluding tert-OH is 1. The van der Waals surface area contributed by atoms with Crippen molar-refractivity contribution in [1.82, 2.24) is 0 Å². The lowest BCUT2D eigenvalue weighted by molar-refractivity contribution is 0.264. The van der Waals surface area contributed by atoms with Gasteiger partial charge in [0.05, 0.1) is 6.61 Å². The maximum Gasteiger partial charge on any atom is 0.0503 e. The van der Waals surface area contributed by atoms with Crippen molar-refractivity contribution >= 4 is 15.9 Å². The first-order valence-electron chi connectivity index (χ1n) is 6.12. The van der Waals surface area contributed by atoms with E-state index in [1.165, 1.54) is 16.7 Å². The lowest BCUT2D eigenvalue weighted by Gasteiger charge is -2.17. The van der Waals surface area contributed by atoms with Gasteiger partial charge in [-0.05, 0) is 36.1 Å². The Morgan fingerprint density at radius 1 is 1.06 bits per heavy atom. The highest BCUT2D eigenvalue weighted by molar-refractivity contribution is 9.10. The Bertz CT molecular complexity index is 522. The average molecular weight is 305 g/mol. The Hall–Kier alpha value is -1.12. The summed E-state index contributed by atoms with van der Waals surface area (Å²) in [5, 5.41) is 9.64. The monoisotopic (exact) mass is 304 g/mol. The number of aryl methyl sites for hydroxylation is 1. The van der Waals surface area contributed by atoms with Crippen molar-refractivity contribution < 1.29 is 5.11 Å². The van der Waals surface area contributed by atoms with Gasteiger partial charge in [0.2, 0.25) is 0 Å². The molecule has 18 heavy (non-hydrogen) atoms. The summed E-state index contributed by atoms with van der Waals surface area (Å²) in [5.74, 6) is 0.140. The van der Waals surface area contributed by atoms with Gasteiger partial charge in [0.25, 0.3) is 0 Å². The minimum atomic E-state index is 0.140. The van der Waals surface area contributed by atoms with Crippen LogP contribution in [0.2, 0.25) is 0 Å². The standard InChI is InChI=1S/C16H17BrO/c1-12-6-2-3-7-13(12)10-14(11-18)15-8-4-5-9-16(15)17/h2-9,14,18H,10-11H2,1H3. The van der Waals surface area contributed by atoms with Gasteiger partial charge in [0, 0.05) is 10.4 Å². The molecule has 0 fully saturated rings. The largest absolute Gasteiger partial charge is 0.396 e. The van der Waals surface area contributed by atoms with Crippen molar-refractivity contribution in [3.63, 3.8) is 0 Å². The molecule has 2 heteroatoms. The number of halogens is 1. The molecule has 0 amide bonds. The highest BCUT2D eigenvalue weighted by Crippen LogP contribution is 2.28. The molecule has 1 N–H and O–H groups in total. The van der Waals surface area contributed by atoms with E-state index in [2.05, 4.69) is 47.1 Å². The molecule has 2 rings (SSSR count). The third kappa shape index (κ3) is 3.01. The molecule has 2 aromatic rings. The molecule has 0 spiro atoms. The molecule has 1 unspecified atom stereocenters. The van der Waals surface area contributed by atoms with Crippen LogP contribution in [-0.2, 0) is 6.42 Å². The van der Waals surface area contributed by atoms with Crippen LogP contribution in [0.15, 0.2) is 53.0 Å². The molecule has 0 bridgehead atoms. The fourth-order valence-corrected chi connectivity index (χ4v) is 2.79. The van der Waals surface area contributed by atoms with Crippen molar-refractivity contribution in [2.24, 2.45) is 0 Å². The number of hydrogen-bond donors (Lipinski definition) is 1. The van der Waals surface area contributed by atoms with Crippen LogP contribution in [0, 0.1) is 6.92 Å². The Labute approximate surface area is 117 Å². The molecule has 0 saturated carbocycles. The van der Waals surface area contributed by atoms with Gasteiger partial charge in [0.15, 0.2) is 0 Å². The van der Waals surface area contributed by atoms with Crippen molar-refractivity contribution in [3.05, 3.63) is 69.7 Å². The quantitative estimate of drug-likeness (QED) is 0.902. The zero-order valence-corrected chi connectivity index (χ0v) is 12.0. The first kappa shape index (κ1) is 13.3. The van der Waals surface area contributed by atoms with Crippen LogP contribution < -0.4 is 0 Å². The first-order valence-corrected chi connectivity index (χ1v) is 6.91. The SMILES string of the molecule is Cc1ccccc1CC(CO)c1ccccc1Br. The van der Waals surface area contributed by atoms with E-state index in [-0.39, 0.29) is 12.5 Å². The topological polar surface area (TPSA) is 20.2 Å². The Morgan fingerprint density at radius 3 is 2.39 bits per heavy atom. The van der Waals surface area contributed by atoms with E-state index in [0.717, 1.165) is 10.9 Å². The van der Waals surface area contributed by atoms with Gasteiger partial charge in [-0.15, -0.1) is 0 Å². The third-order valence-electron chi connectivity index (χ3n) is 3.29. The van der Waals surface area contributed by atoms with Gasteiger partial charge >= 0.3 is 0 Å². The maximum absolute atomic E-state index is 9.64. The van der Waals surface area contributed by atoms with Gasteiger partial charge in [-0.3, -0.25) is 0 Å². The van der Waals surface area contributed by atoms with Crippen LogP contribution >= 0.6 is 15.9 Å². The average Bonchev–Trinajstić information content (AvgIpc) is 2.39. The second-order valence-electron chi connectivity index (χ2n) is 4.53. The second kappa shape index (κ2) is 6.17. The van der Waals surface area contributed by atoms with Gasteiger partial charge in [-0.2, -0.15) is 0 Å². The van der Waals surface area contributed by atoms with E-state index in [0.29, 0.717) is 0 Å². The van der Waals surface area contributed by atoms with Gasteiger partial charge < -0.3 is 5.11 Å². The Balaban J connectivity index is 2.26. The van der Waals surface area contributed by atoms with E-state index in [1.54, 1.807) is 0 Å². The smallest absolute Gasteiger partial charge is 0.0503 e. The zero-order chi connectivity index (χ0) is 13.0. The summed E-state index contributed by atoms with van der Waals surface area (Å²) < 4.78 is 1.07. The van der Waals surface area contributed by atoms with Crippen molar-refractivity contribution in [1.29, 1.82) is 0 Å². The lowest BCUT2D eigenvalue weighted by Crippen LogP contribution is -2.09. The molecular weight excluding hydrogens is 288 g/mol. The van der Waals surface area contributed by atoms with Crippen LogP contribution in [0.5, 0.6) is 0 Å². The molecule has 0 aliphatic rings. The first-order chi connectivity index (χ1) is 8.72. The molecule has 1 nitrogen and oxygen atoms in total. The summed E-state index contributed by atoms with van der Waals surface area (Å²) in [7, 11) is 0. The lowest BCUT2D eigenvalue weighted by atomic mass is 9.91. The maximum atomic E-state index is 9.64. The number of aliphatic hydroxyl groups is 1. The molecule has 0 saturated heterocycles. The van der Waals surface area contributed by atoms with E-state index in [9.17, 15) is 5.11 Å². The predicted molar refractivity (Wildman–Crippen MR) is 78.9 cm³/mol. The molecule has 2 aromatic carbocycles. The van der Waals surface area contributed by atoms with E-state index in [1.807, 2.05) is 24.3 Å². The van der Waals surface area contributed by atoms with Gasteiger partial charge in [-0.25, -0.2) is 0 Å². The molecule has 0 aliphatic carbocycles. The van der Waals surface area contributed by atoms with Crippen molar-refractivity contribution in [3.8, 4) is 0 Å². The van der Waals surface area contributed by atoms with Crippen LogP contribution in [0.1, 0.15) is 22.6 Å². The Morgan fingerprint density at radius 2 is 1.72 bits per heavy atom. The molecular formula is C16H17BrO. The summed E-state index contributed by atoms with van der Waals surface area (Å²) in [5.41, 5.74) is 3.75. The molecule has 0 heterocycles. The second-order valence-corrected chi connectivity index (χ2v) is 5.39. The summed E-state index contributed by atoms with van der Waals surface area (Å²) >= 11 is 3.56. The highest BCUT2D eigenvalue weighted by atomic mass is 79.9. The molecule has 1 atom stereocenters. The number of rotatable bonds is 4. The van der Waals surface area contributed by atoms with Crippen LogP contribution in [-0.4, -0.2) is 11.7 Å². The van der Waals surface area contributed by atoms with E-state index in [4.69, 9.17) is 0 Å². The van der Waals surface area contributed by atoms with Crippen LogP contribution in [0.3, 0.4) is 0 Å². The van der Waals surface area contributed by atoms with Crippen LogP contribution in [0.4, 0.5) is 0 Å². The minimum absolute atomic E-state index is 0.140. The summed E-state index contributed by atoms with van der Waals surface area (Å²) in [6.07, 6.45) is 0.867. The highest BCUT2D eigenvalue weighted by Gasteiger charge is 2.14. The zero-order valence-electron chi connectivity index (χ0n) is 10.4. The van der Waals surface area contributed by atoms with Crippen LogP contribution in [0.25, 0.3) is 0 Å². The van der Waals surface area contributed by atoms with Crippen molar-refractivity contribution in [2.75, 3.05) is 6.61 Å². The third-order valence-corrected chi connectivity index (χ3v) is 4.02. The molecule has 0 aliphatic heterocycles. The van der Waals surface area contributed by atoms with Crippen molar-refractivity contribution in [2.45, 2.75) is 19.3 Å².